The summed E-state index contributed by atoms with van der Waals surface area (Å²) in [5, 5.41) is 3.77. The standard InChI is InChI=1S/C23H25NO5/c1-4-9-22-12-15-5-6-16(27-13(2)25)20-19(15)23(10-11-24-22)18(22)8-7-17(21(23)29-20)28-14(3)26/h4-8,17-18,21,24H,1,9-12H2,2-3H3/t17-,18-,21-,22+,23-/m0/s1. The number of nitrogens with one attached hydrogen (secondary N) is 1. The normalized spacial score (nSPS) is 35.3. The van der Waals surface area contributed by atoms with E-state index in [9.17, 15) is 9.59 Å². The molecule has 5 atom stereocenters. The number of piperidine rings is 1. The maximum atomic E-state index is 11.8. The van der Waals surface area contributed by atoms with Crippen molar-refractivity contribution in [1.29, 1.82) is 0 Å². The number of hydrogen-bond donors (Lipinski definition) is 1. The first-order chi connectivity index (χ1) is 13.9. The van der Waals surface area contributed by atoms with E-state index in [0.29, 0.717) is 11.5 Å². The highest BCUT2D eigenvalue weighted by molar-refractivity contribution is 5.73. The largest absolute Gasteiger partial charge is 0.481 e. The van der Waals surface area contributed by atoms with E-state index < -0.39 is 6.10 Å². The van der Waals surface area contributed by atoms with Gasteiger partial charge >= 0.3 is 11.9 Å². The summed E-state index contributed by atoms with van der Waals surface area (Å²) in [6.07, 6.45) is 7.82. The Hall–Kier alpha value is -2.60. The molecule has 0 radical (unpaired) electrons. The fraction of sp³-hybridized carbons (Fsp3) is 0.478. The first kappa shape index (κ1) is 18.4. The van der Waals surface area contributed by atoms with Crippen LogP contribution in [0, 0.1) is 5.92 Å². The van der Waals surface area contributed by atoms with Gasteiger partial charge in [-0.1, -0.05) is 18.2 Å². The molecule has 0 aromatic heterocycles. The molecule has 1 N–H and O–H groups in total. The Morgan fingerprint density at radius 1 is 1.31 bits per heavy atom. The van der Waals surface area contributed by atoms with Crippen molar-refractivity contribution in [1.82, 2.24) is 5.32 Å². The molecule has 1 spiro atoms. The van der Waals surface area contributed by atoms with Gasteiger partial charge < -0.3 is 19.5 Å². The molecule has 0 unspecified atom stereocenters. The fourth-order valence-electron chi connectivity index (χ4n) is 6.24. The van der Waals surface area contributed by atoms with Crippen molar-refractivity contribution in [3.63, 3.8) is 0 Å². The molecule has 6 nitrogen and oxygen atoms in total. The molecule has 6 heteroatoms. The third kappa shape index (κ3) is 2.38. The smallest absolute Gasteiger partial charge is 0.308 e. The minimum absolute atomic E-state index is 0.156. The number of benzene rings is 1. The molecule has 29 heavy (non-hydrogen) atoms. The number of hydrogen-bond acceptors (Lipinski definition) is 6. The minimum Gasteiger partial charge on any atom is -0.481 e. The van der Waals surface area contributed by atoms with Gasteiger partial charge in [-0.3, -0.25) is 9.59 Å². The van der Waals surface area contributed by atoms with Crippen LogP contribution in [-0.2, 0) is 26.2 Å². The molecule has 152 valence electrons. The van der Waals surface area contributed by atoms with Crippen LogP contribution in [0.1, 0.15) is 37.8 Å². The molecule has 2 aliphatic carbocycles. The first-order valence-corrected chi connectivity index (χ1v) is 10.1. The van der Waals surface area contributed by atoms with Gasteiger partial charge in [0.25, 0.3) is 0 Å². The van der Waals surface area contributed by atoms with Gasteiger partial charge in [0, 0.05) is 36.3 Å². The maximum Gasteiger partial charge on any atom is 0.308 e. The van der Waals surface area contributed by atoms with E-state index in [1.165, 1.54) is 19.4 Å². The quantitative estimate of drug-likeness (QED) is 0.480. The lowest BCUT2D eigenvalue weighted by Gasteiger charge is -2.59. The van der Waals surface area contributed by atoms with Gasteiger partial charge in [-0.2, -0.15) is 0 Å². The van der Waals surface area contributed by atoms with Crippen molar-refractivity contribution < 1.29 is 23.8 Å². The summed E-state index contributed by atoms with van der Waals surface area (Å²) in [6.45, 7) is 7.64. The highest BCUT2D eigenvalue weighted by Crippen LogP contribution is 2.64. The Kier molecular flexibility index (Phi) is 3.94. The number of esters is 2. The summed E-state index contributed by atoms with van der Waals surface area (Å²) in [5.41, 5.74) is 1.83. The van der Waals surface area contributed by atoms with Gasteiger partial charge in [0.05, 0.1) is 0 Å². The molecule has 4 aliphatic rings. The zero-order valence-corrected chi connectivity index (χ0v) is 16.7. The number of rotatable bonds is 4. The lowest BCUT2D eigenvalue weighted by Crippen LogP contribution is -2.71. The predicted octanol–water partition coefficient (Wildman–Crippen LogP) is 2.59. The molecule has 2 aliphatic heterocycles. The van der Waals surface area contributed by atoms with E-state index in [1.807, 2.05) is 24.3 Å². The third-order valence-corrected chi connectivity index (χ3v) is 6.95. The summed E-state index contributed by atoms with van der Waals surface area (Å²) >= 11 is 0. The van der Waals surface area contributed by atoms with Crippen LogP contribution in [0.3, 0.4) is 0 Å². The predicted molar refractivity (Wildman–Crippen MR) is 106 cm³/mol. The first-order valence-electron chi connectivity index (χ1n) is 10.1. The summed E-state index contributed by atoms with van der Waals surface area (Å²) in [7, 11) is 0. The van der Waals surface area contributed by atoms with Crippen molar-refractivity contribution in [2.45, 2.75) is 56.3 Å². The van der Waals surface area contributed by atoms with Gasteiger partial charge in [0.1, 0.15) is 6.10 Å². The molecule has 1 saturated heterocycles. The van der Waals surface area contributed by atoms with Crippen LogP contribution in [0.15, 0.2) is 36.9 Å². The molecule has 1 aromatic rings. The van der Waals surface area contributed by atoms with Crippen LogP contribution < -0.4 is 14.8 Å². The molecule has 1 aromatic carbocycles. The van der Waals surface area contributed by atoms with E-state index in [4.69, 9.17) is 14.2 Å². The highest BCUT2D eigenvalue weighted by atomic mass is 16.6. The van der Waals surface area contributed by atoms with Gasteiger partial charge in [-0.05, 0) is 43.5 Å². The Balaban J connectivity index is 1.74. The number of carbonyl (C=O) groups is 2. The minimum atomic E-state index is -0.480. The Bertz CT molecular complexity index is 953. The Morgan fingerprint density at radius 3 is 2.86 bits per heavy atom. The van der Waals surface area contributed by atoms with E-state index in [-0.39, 0.29) is 34.9 Å². The Labute approximate surface area is 169 Å². The van der Waals surface area contributed by atoms with Crippen LogP contribution in [0.25, 0.3) is 0 Å². The molecular formula is C23H25NO5. The van der Waals surface area contributed by atoms with Gasteiger partial charge in [0.15, 0.2) is 17.6 Å². The van der Waals surface area contributed by atoms with Crippen LogP contribution in [0.4, 0.5) is 0 Å². The van der Waals surface area contributed by atoms with Crippen LogP contribution in [0.2, 0.25) is 0 Å². The van der Waals surface area contributed by atoms with Crippen molar-refractivity contribution in [3.05, 3.63) is 48.1 Å². The molecule has 2 heterocycles. The lowest BCUT2D eigenvalue weighted by atomic mass is 9.48. The van der Waals surface area contributed by atoms with E-state index in [1.54, 1.807) is 0 Å². The summed E-state index contributed by atoms with van der Waals surface area (Å²) < 4.78 is 17.6. The SMILES string of the molecule is C=CC[C@]12Cc3ccc(OC(C)=O)c4c3[C@@]3(CCN1)[C@@H](O4)[C@@H](OC(C)=O)C=C[C@@H]23. The Morgan fingerprint density at radius 2 is 2.14 bits per heavy atom. The highest BCUT2D eigenvalue weighted by Gasteiger charge is 2.67. The second-order valence-electron chi connectivity index (χ2n) is 8.54. The zero-order chi connectivity index (χ0) is 20.4. The van der Waals surface area contributed by atoms with E-state index in [2.05, 4.69) is 18.0 Å². The summed E-state index contributed by atoms with van der Waals surface area (Å²) in [4.78, 5) is 23.4. The van der Waals surface area contributed by atoms with Crippen molar-refractivity contribution in [3.8, 4) is 11.5 Å². The molecular weight excluding hydrogens is 370 g/mol. The molecule has 5 rings (SSSR count). The second-order valence-corrected chi connectivity index (χ2v) is 8.54. The molecule has 0 saturated carbocycles. The number of ether oxygens (including phenoxy) is 3. The third-order valence-electron chi connectivity index (χ3n) is 6.95. The average Bonchev–Trinajstić information content (AvgIpc) is 2.98. The van der Waals surface area contributed by atoms with Crippen molar-refractivity contribution >= 4 is 11.9 Å². The average molecular weight is 395 g/mol. The van der Waals surface area contributed by atoms with Crippen LogP contribution in [-0.4, -0.2) is 36.2 Å². The van der Waals surface area contributed by atoms with Gasteiger partial charge in [0.2, 0.25) is 0 Å². The zero-order valence-electron chi connectivity index (χ0n) is 16.7. The molecule has 1 fully saturated rings. The van der Waals surface area contributed by atoms with Crippen LogP contribution >= 0.6 is 0 Å². The fourth-order valence-corrected chi connectivity index (χ4v) is 6.24. The lowest BCUT2D eigenvalue weighted by molar-refractivity contribution is -0.152. The van der Waals surface area contributed by atoms with Crippen LogP contribution in [0.5, 0.6) is 11.5 Å². The second kappa shape index (κ2) is 6.20. The van der Waals surface area contributed by atoms with Crippen molar-refractivity contribution in [2.24, 2.45) is 5.92 Å². The summed E-state index contributed by atoms with van der Waals surface area (Å²) in [6, 6.07) is 3.86. The monoisotopic (exact) mass is 395 g/mol. The molecule has 0 amide bonds. The summed E-state index contributed by atoms with van der Waals surface area (Å²) in [5.74, 6) is 0.514. The maximum absolute atomic E-state index is 11.8. The number of carbonyl (C=O) groups excluding carboxylic acids is 2. The van der Waals surface area contributed by atoms with Gasteiger partial charge in [-0.15, -0.1) is 6.58 Å². The topological polar surface area (TPSA) is 73.9 Å². The van der Waals surface area contributed by atoms with E-state index in [0.717, 1.165) is 31.4 Å². The molecule has 2 bridgehead atoms. The van der Waals surface area contributed by atoms with E-state index >= 15 is 0 Å². The van der Waals surface area contributed by atoms with Gasteiger partial charge in [-0.25, -0.2) is 0 Å². The van der Waals surface area contributed by atoms with Crippen molar-refractivity contribution in [2.75, 3.05) is 6.54 Å².